The highest BCUT2D eigenvalue weighted by Crippen LogP contribution is 2.30. The average Bonchev–Trinajstić information content (AvgIpc) is 2.44. The van der Waals surface area contributed by atoms with Crippen molar-refractivity contribution in [1.82, 2.24) is 9.97 Å². The van der Waals surface area contributed by atoms with Crippen LogP contribution in [0.3, 0.4) is 0 Å². The van der Waals surface area contributed by atoms with Crippen molar-refractivity contribution in [2.75, 3.05) is 7.11 Å². The van der Waals surface area contributed by atoms with Gasteiger partial charge in [0.15, 0.2) is 0 Å². The topological polar surface area (TPSA) is 69.2 Å². The second-order valence-electron chi connectivity index (χ2n) is 4.23. The zero-order valence-corrected chi connectivity index (χ0v) is 10.4. The second kappa shape index (κ2) is 3.98. The molecule has 94 valence electrons. The fourth-order valence-corrected chi connectivity index (χ4v) is 2.26. The maximum Gasteiger partial charge on any atom is 0.214 e. The van der Waals surface area contributed by atoms with E-state index in [4.69, 9.17) is 4.74 Å². The standard InChI is InChI=1S/C14H10N2O3/c1-7-9(19-2)6-16-12-10(7)14(18)11-8(13(12)17)4-3-5-15-11/h3-6H,1-2H3. The lowest BCUT2D eigenvalue weighted by Crippen LogP contribution is -2.24. The molecular formula is C14H10N2O3. The van der Waals surface area contributed by atoms with Crippen LogP contribution in [0.1, 0.15) is 37.7 Å². The largest absolute Gasteiger partial charge is 0.495 e. The van der Waals surface area contributed by atoms with E-state index in [9.17, 15) is 9.59 Å². The van der Waals surface area contributed by atoms with Crippen LogP contribution in [-0.2, 0) is 0 Å². The average molecular weight is 254 g/mol. The molecule has 19 heavy (non-hydrogen) atoms. The molecule has 0 bridgehead atoms. The Hall–Kier alpha value is -2.56. The SMILES string of the molecule is COc1cnc2c(c1C)C(=O)c1ncccc1C2=O. The molecule has 0 N–H and O–H groups in total. The van der Waals surface area contributed by atoms with Crippen LogP contribution in [0.25, 0.3) is 0 Å². The van der Waals surface area contributed by atoms with Crippen LogP contribution < -0.4 is 4.74 Å². The first kappa shape index (κ1) is 11.5. The highest BCUT2D eigenvalue weighted by Gasteiger charge is 2.34. The molecule has 0 saturated heterocycles. The smallest absolute Gasteiger partial charge is 0.214 e. The van der Waals surface area contributed by atoms with E-state index in [0.717, 1.165) is 0 Å². The van der Waals surface area contributed by atoms with Gasteiger partial charge in [0.1, 0.15) is 17.1 Å². The van der Waals surface area contributed by atoms with Crippen LogP contribution in [0.15, 0.2) is 24.5 Å². The summed E-state index contributed by atoms with van der Waals surface area (Å²) in [5.41, 5.74) is 1.55. The Morgan fingerprint density at radius 1 is 1.11 bits per heavy atom. The predicted octanol–water partition coefficient (Wildman–Crippen LogP) is 1.57. The van der Waals surface area contributed by atoms with Crippen molar-refractivity contribution in [3.63, 3.8) is 0 Å². The Kier molecular flexibility index (Phi) is 2.41. The summed E-state index contributed by atoms with van der Waals surface area (Å²) in [5, 5.41) is 0. The van der Waals surface area contributed by atoms with Crippen LogP contribution in [-0.4, -0.2) is 28.6 Å². The third-order valence-electron chi connectivity index (χ3n) is 3.22. The van der Waals surface area contributed by atoms with Crippen molar-refractivity contribution < 1.29 is 14.3 Å². The lowest BCUT2D eigenvalue weighted by molar-refractivity contribution is 0.0970. The van der Waals surface area contributed by atoms with Gasteiger partial charge in [0, 0.05) is 11.8 Å². The van der Waals surface area contributed by atoms with Gasteiger partial charge >= 0.3 is 0 Å². The van der Waals surface area contributed by atoms with Gasteiger partial charge in [0.05, 0.1) is 24.4 Å². The molecule has 0 saturated carbocycles. The molecule has 2 aromatic heterocycles. The Labute approximate surface area is 109 Å². The van der Waals surface area contributed by atoms with E-state index in [0.29, 0.717) is 16.9 Å². The summed E-state index contributed by atoms with van der Waals surface area (Å²) in [6.07, 6.45) is 2.96. The van der Waals surface area contributed by atoms with Gasteiger partial charge in [-0.2, -0.15) is 0 Å². The number of methoxy groups -OCH3 is 1. The zero-order valence-electron chi connectivity index (χ0n) is 10.4. The van der Waals surface area contributed by atoms with Gasteiger partial charge in [0.25, 0.3) is 0 Å². The molecule has 5 heteroatoms. The molecule has 2 heterocycles. The van der Waals surface area contributed by atoms with Crippen LogP contribution in [0.4, 0.5) is 0 Å². The fraction of sp³-hybridized carbons (Fsp3) is 0.143. The Morgan fingerprint density at radius 3 is 2.63 bits per heavy atom. The molecule has 0 unspecified atom stereocenters. The molecule has 1 aliphatic rings. The summed E-state index contributed by atoms with van der Waals surface area (Å²) in [5.74, 6) is -0.0724. The van der Waals surface area contributed by atoms with Crippen LogP contribution in [0.2, 0.25) is 0 Å². The number of carbonyl (C=O) groups is 2. The molecule has 3 rings (SSSR count). The molecule has 0 amide bonds. The molecule has 1 aliphatic carbocycles. The quantitative estimate of drug-likeness (QED) is 0.659. The molecule has 0 spiro atoms. The Balaban J connectivity index is 2.33. The Bertz CT molecular complexity index is 723. The highest BCUT2D eigenvalue weighted by molar-refractivity contribution is 6.27. The van der Waals surface area contributed by atoms with Crippen LogP contribution >= 0.6 is 0 Å². The predicted molar refractivity (Wildman–Crippen MR) is 66.6 cm³/mol. The first-order valence-corrected chi connectivity index (χ1v) is 5.73. The number of aromatic nitrogens is 2. The van der Waals surface area contributed by atoms with Crippen molar-refractivity contribution >= 4 is 11.6 Å². The van der Waals surface area contributed by atoms with E-state index in [1.165, 1.54) is 19.5 Å². The van der Waals surface area contributed by atoms with Crippen molar-refractivity contribution in [3.05, 3.63) is 52.6 Å². The summed E-state index contributed by atoms with van der Waals surface area (Å²) in [6.45, 7) is 1.73. The van der Waals surface area contributed by atoms with Gasteiger partial charge in [-0.25, -0.2) is 4.98 Å². The molecule has 2 aromatic rings. The Morgan fingerprint density at radius 2 is 1.89 bits per heavy atom. The number of ether oxygens (including phenoxy) is 1. The van der Waals surface area contributed by atoms with E-state index >= 15 is 0 Å². The van der Waals surface area contributed by atoms with Gasteiger partial charge < -0.3 is 4.74 Å². The number of hydrogen-bond donors (Lipinski definition) is 0. The fourth-order valence-electron chi connectivity index (χ4n) is 2.26. The minimum Gasteiger partial charge on any atom is -0.495 e. The van der Waals surface area contributed by atoms with Crippen molar-refractivity contribution in [2.45, 2.75) is 6.92 Å². The van der Waals surface area contributed by atoms with E-state index in [1.807, 2.05) is 0 Å². The number of hydrogen-bond acceptors (Lipinski definition) is 5. The molecule has 5 nitrogen and oxygen atoms in total. The molecular weight excluding hydrogens is 244 g/mol. The van der Waals surface area contributed by atoms with Gasteiger partial charge in [-0.15, -0.1) is 0 Å². The number of ketones is 2. The number of pyridine rings is 2. The van der Waals surface area contributed by atoms with Crippen molar-refractivity contribution in [1.29, 1.82) is 0 Å². The first-order valence-electron chi connectivity index (χ1n) is 5.73. The lowest BCUT2D eigenvalue weighted by Gasteiger charge is -2.18. The normalized spacial score (nSPS) is 12.9. The number of rotatable bonds is 1. The van der Waals surface area contributed by atoms with E-state index in [2.05, 4.69) is 9.97 Å². The highest BCUT2D eigenvalue weighted by atomic mass is 16.5. The molecule has 0 radical (unpaired) electrons. The van der Waals surface area contributed by atoms with Crippen molar-refractivity contribution in [2.24, 2.45) is 0 Å². The summed E-state index contributed by atoms with van der Waals surface area (Å²) in [6, 6.07) is 3.22. The minimum absolute atomic E-state index is 0.170. The molecule has 0 aliphatic heterocycles. The zero-order chi connectivity index (χ0) is 13.6. The van der Waals surface area contributed by atoms with Crippen LogP contribution in [0.5, 0.6) is 5.75 Å². The van der Waals surface area contributed by atoms with E-state index in [-0.39, 0.29) is 28.5 Å². The van der Waals surface area contributed by atoms with E-state index < -0.39 is 0 Å². The number of fused-ring (bicyclic) bond motifs is 2. The third kappa shape index (κ3) is 1.48. The summed E-state index contributed by atoms with van der Waals surface area (Å²) in [7, 11) is 1.50. The summed E-state index contributed by atoms with van der Waals surface area (Å²) < 4.78 is 5.14. The number of carbonyl (C=O) groups excluding carboxylic acids is 2. The van der Waals surface area contributed by atoms with E-state index in [1.54, 1.807) is 19.1 Å². The monoisotopic (exact) mass is 254 g/mol. The first-order chi connectivity index (χ1) is 9.15. The van der Waals surface area contributed by atoms with Gasteiger partial charge in [-0.3, -0.25) is 14.6 Å². The van der Waals surface area contributed by atoms with Crippen LogP contribution in [0, 0.1) is 6.92 Å². The van der Waals surface area contributed by atoms with Gasteiger partial charge in [0.2, 0.25) is 11.6 Å². The lowest BCUT2D eigenvalue weighted by atomic mass is 9.88. The summed E-state index contributed by atoms with van der Waals surface area (Å²) in [4.78, 5) is 32.8. The summed E-state index contributed by atoms with van der Waals surface area (Å²) >= 11 is 0. The second-order valence-corrected chi connectivity index (χ2v) is 4.23. The van der Waals surface area contributed by atoms with Gasteiger partial charge in [-0.1, -0.05) is 0 Å². The van der Waals surface area contributed by atoms with Gasteiger partial charge in [-0.05, 0) is 19.1 Å². The third-order valence-corrected chi connectivity index (χ3v) is 3.22. The molecule has 0 atom stereocenters. The molecule has 0 fully saturated rings. The maximum absolute atomic E-state index is 12.4. The number of nitrogens with zero attached hydrogens (tertiary/aromatic N) is 2. The van der Waals surface area contributed by atoms with Crippen molar-refractivity contribution in [3.8, 4) is 5.75 Å². The molecule has 0 aromatic carbocycles. The minimum atomic E-state index is -0.283. The maximum atomic E-state index is 12.4.